The number of carbonyl (C=O) groups is 1. The third kappa shape index (κ3) is 3.98. The second kappa shape index (κ2) is 5.83. The summed E-state index contributed by atoms with van der Waals surface area (Å²) in [5.74, 6) is 0. The average Bonchev–Trinajstić information content (AvgIpc) is 2.11. The van der Waals surface area contributed by atoms with Crippen molar-refractivity contribution in [2.75, 3.05) is 19.4 Å². The molecule has 0 aromatic heterocycles. The number of anilines is 1. The molecule has 1 aromatic rings. The molecule has 0 fully saturated rings. The minimum absolute atomic E-state index is 0. The van der Waals surface area contributed by atoms with Crippen molar-refractivity contribution in [3.8, 4) is 0 Å². The van der Waals surface area contributed by atoms with Gasteiger partial charge in [-0.1, -0.05) is 17.7 Å². The Bertz CT molecular complexity index is 353. The Hall–Kier alpha value is -0.930. The smallest absolute Gasteiger partial charge is 0.321 e. The Labute approximate surface area is 101 Å². The largest absolute Gasteiger partial charge is 0.331 e. The number of aryl methyl sites for hydroxylation is 1. The van der Waals surface area contributed by atoms with Gasteiger partial charge in [-0.3, -0.25) is 0 Å². The molecule has 0 heterocycles. The van der Waals surface area contributed by atoms with Gasteiger partial charge in [0.15, 0.2) is 0 Å². The standard InChI is InChI=1S/C10H13ClN2O.ClH/c1-7-4-5-8(6-9(7)11)12-10(14)13(2)3;/h4-6H,1-3H3,(H,12,14);1H. The van der Waals surface area contributed by atoms with Gasteiger partial charge in [0.25, 0.3) is 0 Å². The highest BCUT2D eigenvalue weighted by molar-refractivity contribution is 6.31. The molecule has 0 aliphatic rings. The first-order valence-corrected chi connectivity index (χ1v) is 4.63. The molecule has 1 rings (SSSR count). The lowest BCUT2D eigenvalue weighted by atomic mass is 10.2. The van der Waals surface area contributed by atoms with Gasteiger partial charge in [-0.2, -0.15) is 0 Å². The van der Waals surface area contributed by atoms with Gasteiger partial charge in [-0.15, -0.1) is 12.4 Å². The first-order valence-electron chi connectivity index (χ1n) is 4.25. The maximum Gasteiger partial charge on any atom is 0.321 e. The van der Waals surface area contributed by atoms with E-state index in [9.17, 15) is 4.79 Å². The molecule has 1 N–H and O–H groups in total. The molecule has 0 aliphatic carbocycles. The number of halogens is 2. The maximum atomic E-state index is 11.3. The molecular formula is C10H14Cl2N2O. The van der Waals surface area contributed by atoms with E-state index in [4.69, 9.17) is 11.6 Å². The summed E-state index contributed by atoms with van der Waals surface area (Å²) in [4.78, 5) is 12.7. The van der Waals surface area contributed by atoms with Crippen LogP contribution in [-0.2, 0) is 0 Å². The van der Waals surface area contributed by atoms with Crippen LogP contribution in [0.4, 0.5) is 10.5 Å². The fourth-order valence-electron chi connectivity index (χ4n) is 0.906. The zero-order valence-corrected chi connectivity index (χ0v) is 10.4. The van der Waals surface area contributed by atoms with E-state index in [1.54, 1.807) is 20.2 Å². The summed E-state index contributed by atoms with van der Waals surface area (Å²) < 4.78 is 0. The van der Waals surface area contributed by atoms with Gasteiger partial charge in [-0.05, 0) is 24.6 Å². The van der Waals surface area contributed by atoms with Gasteiger partial charge in [-0.25, -0.2) is 4.79 Å². The van der Waals surface area contributed by atoms with E-state index in [0.717, 1.165) is 5.56 Å². The maximum absolute atomic E-state index is 11.3. The highest BCUT2D eigenvalue weighted by atomic mass is 35.5. The van der Waals surface area contributed by atoms with Gasteiger partial charge >= 0.3 is 6.03 Å². The molecule has 0 saturated heterocycles. The molecule has 1 aromatic carbocycles. The zero-order valence-electron chi connectivity index (χ0n) is 8.87. The van der Waals surface area contributed by atoms with E-state index >= 15 is 0 Å². The lowest BCUT2D eigenvalue weighted by molar-refractivity contribution is 0.230. The summed E-state index contributed by atoms with van der Waals surface area (Å²) >= 11 is 5.91. The van der Waals surface area contributed by atoms with E-state index in [0.29, 0.717) is 10.7 Å². The predicted octanol–water partition coefficient (Wildman–Crippen LogP) is 3.16. The Kier molecular flexibility index (Phi) is 5.47. The van der Waals surface area contributed by atoms with Crippen molar-refractivity contribution in [1.82, 2.24) is 4.90 Å². The molecule has 84 valence electrons. The molecule has 2 amide bonds. The Morgan fingerprint density at radius 2 is 2.00 bits per heavy atom. The van der Waals surface area contributed by atoms with Crippen molar-refractivity contribution in [3.63, 3.8) is 0 Å². The number of urea groups is 1. The van der Waals surface area contributed by atoms with Crippen molar-refractivity contribution in [1.29, 1.82) is 0 Å². The number of nitrogens with one attached hydrogen (secondary N) is 1. The number of amides is 2. The first-order chi connectivity index (χ1) is 6.50. The zero-order chi connectivity index (χ0) is 10.7. The van der Waals surface area contributed by atoms with Crippen LogP contribution in [0.2, 0.25) is 5.02 Å². The minimum atomic E-state index is -0.162. The lowest BCUT2D eigenvalue weighted by Crippen LogP contribution is -2.27. The molecule has 0 saturated carbocycles. The summed E-state index contributed by atoms with van der Waals surface area (Å²) in [5, 5.41) is 3.37. The molecule has 15 heavy (non-hydrogen) atoms. The third-order valence-electron chi connectivity index (χ3n) is 1.83. The number of rotatable bonds is 1. The fourth-order valence-corrected chi connectivity index (χ4v) is 1.09. The van der Waals surface area contributed by atoms with E-state index < -0.39 is 0 Å². The number of hydrogen-bond donors (Lipinski definition) is 1. The monoisotopic (exact) mass is 248 g/mol. The van der Waals surface area contributed by atoms with Gasteiger partial charge in [0.05, 0.1) is 0 Å². The van der Waals surface area contributed by atoms with Crippen LogP contribution in [0.1, 0.15) is 5.56 Å². The van der Waals surface area contributed by atoms with Crippen molar-refractivity contribution in [2.45, 2.75) is 6.92 Å². The van der Waals surface area contributed by atoms with Crippen LogP contribution in [0.25, 0.3) is 0 Å². The van der Waals surface area contributed by atoms with Crippen LogP contribution in [0, 0.1) is 6.92 Å². The van der Waals surface area contributed by atoms with Gasteiger partial charge in [0, 0.05) is 24.8 Å². The summed E-state index contributed by atoms with van der Waals surface area (Å²) in [7, 11) is 3.37. The second-order valence-electron chi connectivity index (χ2n) is 3.29. The van der Waals surface area contributed by atoms with E-state index in [1.165, 1.54) is 4.90 Å². The van der Waals surface area contributed by atoms with Crippen LogP contribution in [0.15, 0.2) is 18.2 Å². The Morgan fingerprint density at radius 1 is 1.40 bits per heavy atom. The summed E-state index contributed by atoms with van der Waals surface area (Å²) in [6, 6.07) is 5.26. The lowest BCUT2D eigenvalue weighted by Gasteiger charge is -2.12. The summed E-state index contributed by atoms with van der Waals surface area (Å²) in [6.07, 6.45) is 0. The molecule has 0 aliphatic heterocycles. The highest BCUT2D eigenvalue weighted by Gasteiger charge is 2.04. The SMILES string of the molecule is Cc1ccc(NC(=O)N(C)C)cc1Cl.Cl. The normalized spacial score (nSPS) is 9.07. The second-order valence-corrected chi connectivity index (χ2v) is 3.70. The fraction of sp³-hybridized carbons (Fsp3) is 0.300. The van der Waals surface area contributed by atoms with Crippen molar-refractivity contribution in [2.24, 2.45) is 0 Å². The van der Waals surface area contributed by atoms with Crippen LogP contribution >= 0.6 is 24.0 Å². The number of nitrogens with zero attached hydrogens (tertiary/aromatic N) is 1. The Morgan fingerprint density at radius 3 is 2.47 bits per heavy atom. The molecule has 0 radical (unpaired) electrons. The number of benzene rings is 1. The van der Waals surface area contributed by atoms with Crippen molar-refractivity contribution < 1.29 is 4.79 Å². The molecule has 0 unspecified atom stereocenters. The molecule has 0 atom stereocenters. The summed E-state index contributed by atoms with van der Waals surface area (Å²) in [5.41, 5.74) is 1.70. The molecular weight excluding hydrogens is 235 g/mol. The molecule has 3 nitrogen and oxygen atoms in total. The number of hydrogen-bond acceptors (Lipinski definition) is 1. The van der Waals surface area contributed by atoms with E-state index in [1.807, 2.05) is 19.1 Å². The number of carbonyl (C=O) groups excluding carboxylic acids is 1. The molecule has 0 bridgehead atoms. The molecule has 0 spiro atoms. The van der Waals surface area contributed by atoms with Crippen LogP contribution < -0.4 is 5.32 Å². The van der Waals surface area contributed by atoms with Crippen LogP contribution in [0.5, 0.6) is 0 Å². The van der Waals surface area contributed by atoms with Crippen molar-refractivity contribution >= 4 is 35.7 Å². The van der Waals surface area contributed by atoms with Crippen LogP contribution in [0.3, 0.4) is 0 Å². The topological polar surface area (TPSA) is 32.3 Å². The van der Waals surface area contributed by atoms with Crippen LogP contribution in [-0.4, -0.2) is 25.0 Å². The van der Waals surface area contributed by atoms with Gasteiger partial charge in [0.2, 0.25) is 0 Å². The average molecular weight is 249 g/mol. The van der Waals surface area contributed by atoms with Crippen molar-refractivity contribution in [3.05, 3.63) is 28.8 Å². The first kappa shape index (κ1) is 14.1. The van der Waals surface area contributed by atoms with E-state index in [-0.39, 0.29) is 18.4 Å². The summed E-state index contributed by atoms with van der Waals surface area (Å²) in [6.45, 7) is 1.92. The molecule has 5 heteroatoms. The van der Waals surface area contributed by atoms with Gasteiger partial charge in [0.1, 0.15) is 0 Å². The predicted molar refractivity (Wildman–Crippen MR) is 66.1 cm³/mol. The Balaban J connectivity index is 0.00000196. The van der Waals surface area contributed by atoms with Gasteiger partial charge < -0.3 is 10.2 Å². The minimum Gasteiger partial charge on any atom is -0.331 e. The highest BCUT2D eigenvalue weighted by Crippen LogP contribution is 2.19. The third-order valence-corrected chi connectivity index (χ3v) is 2.24. The van der Waals surface area contributed by atoms with E-state index in [2.05, 4.69) is 5.32 Å². The quantitative estimate of drug-likeness (QED) is 0.814.